The molecule has 21 heavy (non-hydrogen) atoms. The van der Waals surface area contributed by atoms with Crippen LogP contribution in [0.2, 0.25) is 5.02 Å². The maximum Gasteiger partial charge on any atom is 0.242 e. The highest BCUT2D eigenvalue weighted by atomic mass is 35.5. The Balaban J connectivity index is 2.95. The molecule has 1 atom stereocenters. The van der Waals surface area contributed by atoms with Crippen LogP contribution < -0.4 is 5.32 Å². The van der Waals surface area contributed by atoms with E-state index in [1.165, 1.54) is 0 Å². The molecule has 1 aromatic carbocycles. The fourth-order valence-electron chi connectivity index (χ4n) is 2.20. The molecule has 2 amide bonds. The quantitative estimate of drug-likeness (QED) is 0.841. The van der Waals surface area contributed by atoms with E-state index in [1.54, 1.807) is 17.0 Å². The highest BCUT2D eigenvalue weighted by Gasteiger charge is 2.27. The van der Waals surface area contributed by atoms with Crippen molar-refractivity contribution in [1.29, 1.82) is 0 Å². The Kier molecular flexibility index (Phi) is 7.23. The van der Waals surface area contributed by atoms with Gasteiger partial charge in [0.1, 0.15) is 6.04 Å². The number of benzene rings is 1. The average molecular weight is 311 g/mol. The second-order valence-electron chi connectivity index (χ2n) is 4.82. The third kappa shape index (κ3) is 5.05. The van der Waals surface area contributed by atoms with E-state index in [2.05, 4.69) is 5.32 Å². The first-order valence-corrected chi connectivity index (χ1v) is 7.72. The van der Waals surface area contributed by atoms with Crippen LogP contribution in [0.25, 0.3) is 0 Å². The van der Waals surface area contributed by atoms with Gasteiger partial charge in [0.2, 0.25) is 11.8 Å². The molecule has 0 aliphatic carbocycles. The Morgan fingerprint density at radius 2 is 1.81 bits per heavy atom. The number of carbonyl (C=O) groups is 2. The van der Waals surface area contributed by atoms with Crippen molar-refractivity contribution in [3.8, 4) is 0 Å². The maximum atomic E-state index is 12.2. The van der Waals surface area contributed by atoms with E-state index in [4.69, 9.17) is 11.6 Å². The largest absolute Gasteiger partial charge is 0.355 e. The number of hydrogen-bond donors (Lipinski definition) is 1. The van der Waals surface area contributed by atoms with Crippen LogP contribution in [-0.4, -0.2) is 29.3 Å². The van der Waals surface area contributed by atoms with Crippen LogP contribution in [0.5, 0.6) is 0 Å². The number of carbonyl (C=O) groups excluding carboxylic acids is 2. The summed E-state index contributed by atoms with van der Waals surface area (Å²) in [5, 5.41) is 3.45. The van der Waals surface area contributed by atoms with Gasteiger partial charge < -0.3 is 10.2 Å². The van der Waals surface area contributed by atoms with Gasteiger partial charge in [0.15, 0.2) is 0 Å². The van der Waals surface area contributed by atoms with Gasteiger partial charge in [0.05, 0.1) is 0 Å². The molecule has 0 radical (unpaired) electrons. The Labute approximate surface area is 131 Å². The van der Waals surface area contributed by atoms with Crippen LogP contribution in [0.1, 0.15) is 39.2 Å². The van der Waals surface area contributed by atoms with Gasteiger partial charge in [-0.25, -0.2) is 0 Å². The van der Waals surface area contributed by atoms with Crippen LogP contribution in [-0.2, 0) is 16.1 Å². The first kappa shape index (κ1) is 17.5. The van der Waals surface area contributed by atoms with Crippen molar-refractivity contribution < 1.29 is 9.59 Å². The normalized spacial score (nSPS) is 11.8. The minimum absolute atomic E-state index is 0.0250. The molecule has 0 unspecified atom stereocenters. The zero-order valence-corrected chi connectivity index (χ0v) is 13.6. The van der Waals surface area contributed by atoms with Gasteiger partial charge in [-0.2, -0.15) is 0 Å². The summed E-state index contributed by atoms with van der Waals surface area (Å²) in [7, 11) is 0. The van der Waals surface area contributed by atoms with Crippen LogP contribution in [0.3, 0.4) is 0 Å². The summed E-state index contributed by atoms with van der Waals surface area (Å²) in [5.41, 5.74) is 0.962. The fraction of sp³-hybridized carbons (Fsp3) is 0.500. The van der Waals surface area contributed by atoms with Crippen molar-refractivity contribution in [2.45, 2.75) is 46.2 Å². The first-order valence-electron chi connectivity index (χ1n) is 7.35. The molecule has 0 spiro atoms. The van der Waals surface area contributed by atoms with Crippen molar-refractivity contribution in [1.82, 2.24) is 10.2 Å². The van der Waals surface area contributed by atoms with Crippen molar-refractivity contribution >= 4 is 23.4 Å². The van der Waals surface area contributed by atoms with Crippen LogP contribution in [0, 0.1) is 0 Å². The fourth-order valence-corrected chi connectivity index (χ4v) is 2.33. The minimum Gasteiger partial charge on any atom is -0.355 e. The number of rotatable bonds is 7. The Morgan fingerprint density at radius 1 is 1.19 bits per heavy atom. The molecule has 0 heterocycles. The molecule has 1 N–H and O–H groups in total. The Bertz CT molecular complexity index is 474. The zero-order chi connectivity index (χ0) is 15.8. The molecule has 5 heteroatoms. The van der Waals surface area contributed by atoms with Gasteiger partial charge in [-0.1, -0.05) is 37.6 Å². The van der Waals surface area contributed by atoms with Crippen molar-refractivity contribution in [2.24, 2.45) is 0 Å². The molecule has 0 aliphatic heterocycles. The Hall–Kier alpha value is -1.55. The zero-order valence-electron chi connectivity index (χ0n) is 12.9. The van der Waals surface area contributed by atoms with Gasteiger partial charge in [-0.3, -0.25) is 9.59 Å². The van der Waals surface area contributed by atoms with Gasteiger partial charge in [-0.15, -0.1) is 0 Å². The number of amides is 2. The Morgan fingerprint density at radius 3 is 2.29 bits per heavy atom. The number of likely N-dealkylation sites (N-methyl/N-ethyl adjacent to an activating group) is 1. The smallest absolute Gasteiger partial charge is 0.242 e. The first-order chi connectivity index (χ1) is 10.0. The number of nitrogens with zero attached hydrogens (tertiary/aromatic N) is 1. The van der Waals surface area contributed by atoms with Crippen LogP contribution >= 0.6 is 11.6 Å². The molecule has 116 valence electrons. The molecule has 4 nitrogen and oxygen atoms in total. The van der Waals surface area contributed by atoms with E-state index in [0.717, 1.165) is 5.56 Å². The lowest BCUT2D eigenvalue weighted by molar-refractivity contribution is -0.141. The highest BCUT2D eigenvalue weighted by molar-refractivity contribution is 6.30. The van der Waals surface area contributed by atoms with E-state index >= 15 is 0 Å². The molecule has 1 aromatic rings. The van der Waals surface area contributed by atoms with Gasteiger partial charge >= 0.3 is 0 Å². The number of halogens is 1. The molecule has 0 aliphatic rings. The summed E-state index contributed by atoms with van der Waals surface area (Å²) in [5.74, 6) is -0.126. The standard InChI is InChI=1S/C16H23ClN2O2/c1-4-14(16(21)18-6-3)19(15(20)5-2)11-12-7-9-13(17)10-8-12/h7-10,14H,4-6,11H2,1-3H3,(H,18,21)/t14-/m1/s1. The van der Waals surface area contributed by atoms with Gasteiger partial charge in [-0.05, 0) is 31.0 Å². The lowest BCUT2D eigenvalue weighted by atomic mass is 10.1. The summed E-state index contributed by atoms with van der Waals surface area (Å²) in [6, 6.07) is 6.90. The lowest BCUT2D eigenvalue weighted by Gasteiger charge is -2.30. The van der Waals surface area contributed by atoms with E-state index in [-0.39, 0.29) is 11.8 Å². The summed E-state index contributed by atoms with van der Waals surface area (Å²) in [6.45, 7) is 6.57. The third-order valence-corrected chi connectivity index (χ3v) is 3.56. The summed E-state index contributed by atoms with van der Waals surface area (Å²) >= 11 is 5.87. The molecule has 0 saturated carbocycles. The van der Waals surface area contributed by atoms with Crippen molar-refractivity contribution in [3.05, 3.63) is 34.9 Å². The summed E-state index contributed by atoms with van der Waals surface area (Å²) in [4.78, 5) is 26.0. The molecule has 0 bridgehead atoms. The second kappa shape index (κ2) is 8.67. The number of hydrogen-bond acceptors (Lipinski definition) is 2. The van der Waals surface area contributed by atoms with E-state index in [0.29, 0.717) is 31.0 Å². The molecule has 0 aromatic heterocycles. The summed E-state index contributed by atoms with van der Waals surface area (Å²) < 4.78 is 0. The van der Waals surface area contributed by atoms with Crippen molar-refractivity contribution in [3.63, 3.8) is 0 Å². The van der Waals surface area contributed by atoms with E-state index in [9.17, 15) is 9.59 Å². The number of nitrogens with one attached hydrogen (secondary N) is 1. The monoisotopic (exact) mass is 310 g/mol. The molecule has 0 saturated heterocycles. The van der Waals surface area contributed by atoms with Crippen LogP contribution in [0.4, 0.5) is 0 Å². The highest BCUT2D eigenvalue weighted by Crippen LogP contribution is 2.15. The predicted molar refractivity (Wildman–Crippen MR) is 85.1 cm³/mol. The lowest BCUT2D eigenvalue weighted by Crippen LogP contribution is -2.48. The van der Waals surface area contributed by atoms with E-state index in [1.807, 2.05) is 32.9 Å². The third-order valence-electron chi connectivity index (χ3n) is 3.31. The van der Waals surface area contributed by atoms with Crippen molar-refractivity contribution in [2.75, 3.05) is 6.54 Å². The summed E-state index contributed by atoms with van der Waals surface area (Å²) in [6.07, 6.45) is 0.967. The molecule has 1 rings (SSSR count). The minimum atomic E-state index is -0.437. The maximum absolute atomic E-state index is 12.2. The van der Waals surface area contributed by atoms with Crippen LogP contribution in [0.15, 0.2) is 24.3 Å². The van der Waals surface area contributed by atoms with Gasteiger partial charge in [0.25, 0.3) is 0 Å². The van der Waals surface area contributed by atoms with E-state index < -0.39 is 6.04 Å². The topological polar surface area (TPSA) is 49.4 Å². The second-order valence-corrected chi connectivity index (χ2v) is 5.26. The molecular formula is C16H23ClN2O2. The van der Waals surface area contributed by atoms with Gasteiger partial charge in [0, 0.05) is 24.5 Å². The molecule has 0 fully saturated rings. The SMILES string of the molecule is CCNC(=O)[C@@H](CC)N(Cc1ccc(Cl)cc1)C(=O)CC. The molecular weight excluding hydrogens is 288 g/mol. The average Bonchev–Trinajstić information content (AvgIpc) is 2.48. The predicted octanol–water partition coefficient (Wildman–Crippen LogP) is 2.99.